The highest BCUT2D eigenvalue weighted by Crippen LogP contribution is 2.47. The van der Waals surface area contributed by atoms with E-state index in [0.29, 0.717) is 13.2 Å². The Morgan fingerprint density at radius 1 is 1.37 bits per heavy atom. The first-order valence-electron chi connectivity index (χ1n) is 6.83. The van der Waals surface area contributed by atoms with Gasteiger partial charge in [0.1, 0.15) is 0 Å². The van der Waals surface area contributed by atoms with Gasteiger partial charge in [0, 0.05) is 16.6 Å². The molecule has 0 radical (unpaired) electrons. The van der Waals surface area contributed by atoms with Crippen LogP contribution in [-0.2, 0) is 10.3 Å². The predicted octanol–water partition coefficient (Wildman–Crippen LogP) is 2.81. The summed E-state index contributed by atoms with van der Waals surface area (Å²) in [6.07, 6.45) is 1.94. The van der Waals surface area contributed by atoms with Crippen molar-refractivity contribution in [1.82, 2.24) is 5.32 Å². The molecule has 1 aliphatic carbocycles. The molecule has 0 aromatic heterocycles. The van der Waals surface area contributed by atoms with Crippen molar-refractivity contribution >= 4 is 15.9 Å². The molecule has 0 heterocycles. The fourth-order valence-corrected chi connectivity index (χ4v) is 2.86. The molecule has 0 bridgehead atoms. The summed E-state index contributed by atoms with van der Waals surface area (Å²) in [5.41, 5.74) is 1.32. The van der Waals surface area contributed by atoms with Crippen molar-refractivity contribution < 1.29 is 9.84 Å². The Hall–Kier alpha value is -0.420. The molecule has 0 amide bonds. The third-order valence-corrected chi connectivity index (χ3v) is 4.13. The van der Waals surface area contributed by atoms with E-state index in [0.717, 1.165) is 17.3 Å². The highest BCUT2D eigenvalue weighted by Gasteiger charge is 2.45. The smallest absolute Gasteiger partial charge is 0.0898 e. The highest BCUT2D eigenvalue weighted by molar-refractivity contribution is 9.10. The number of ether oxygens (including phenoxy) is 1. The highest BCUT2D eigenvalue weighted by atomic mass is 79.9. The number of rotatable bonds is 7. The molecule has 1 fully saturated rings. The van der Waals surface area contributed by atoms with Crippen LogP contribution in [0.4, 0.5) is 0 Å². The van der Waals surface area contributed by atoms with Crippen molar-refractivity contribution in [3.63, 3.8) is 0 Å². The third-order valence-electron chi connectivity index (χ3n) is 3.44. The minimum absolute atomic E-state index is 0.0406. The normalized spacial score (nSPS) is 18.6. The van der Waals surface area contributed by atoms with Gasteiger partial charge in [-0.3, -0.25) is 0 Å². The third kappa shape index (κ3) is 4.02. The molecule has 2 N–H and O–H groups in total. The fraction of sp³-hybridized carbons (Fsp3) is 0.600. The van der Waals surface area contributed by atoms with E-state index in [2.05, 4.69) is 39.4 Å². The lowest BCUT2D eigenvalue weighted by molar-refractivity contribution is 0.00502. The SMILES string of the molecule is CC(C)OCC(O)CNC1(c2ccccc2Br)CC1. The van der Waals surface area contributed by atoms with E-state index < -0.39 is 6.10 Å². The summed E-state index contributed by atoms with van der Waals surface area (Å²) in [5.74, 6) is 0. The van der Waals surface area contributed by atoms with Gasteiger partial charge in [0.25, 0.3) is 0 Å². The molecule has 1 atom stereocenters. The minimum Gasteiger partial charge on any atom is -0.389 e. The molecular formula is C15H22BrNO2. The van der Waals surface area contributed by atoms with Crippen LogP contribution in [-0.4, -0.2) is 30.5 Å². The van der Waals surface area contributed by atoms with Crippen LogP contribution in [0.2, 0.25) is 0 Å². The van der Waals surface area contributed by atoms with Gasteiger partial charge in [0.05, 0.1) is 18.8 Å². The summed E-state index contributed by atoms with van der Waals surface area (Å²) in [6.45, 7) is 4.90. The predicted molar refractivity (Wildman–Crippen MR) is 80.2 cm³/mol. The molecule has 19 heavy (non-hydrogen) atoms. The average Bonchev–Trinajstić information content (AvgIpc) is 3.15. The second kappa shape index (κ2) is 6.35. The van der Waals surface area contributed by atoms with Crippen molar-refractivity contribution in [3.8, 4) is 0 Å². The molecule has 106 valence electrons. The standard InChI is InChI=1S/C15H22BrNO2/c1-11(2)19-10-12(18)9-17-15(7-8-15)13-5-3-4-6-14(13)16/h3-6,11-12,17-18H,7-10H2,1-2H3. The second-order valence-corrected chi connectivity index (χ2v) is 6.33. The number of aliphatic hydroxyl groups excluding tert-OH is 1. The van der Waals surface area contributed by atoms with Crippen LogP contribution in [0.3, 0.4) is 0 Å². The quantitative estimate of drug-likeness (QED) is 0.809. The lowest BCUT2D eigenvalue weighted by Crippen LogP contribution is -2.38. The van der Waals surface area contributed by atoms with Gasteiger partial charge in [0.15, 0.2) is 0 Å². The number of halogens is 1. The zero-order valence-electron chi connectivity index (χ0n) is 11.5. The van der Waals surface area contributed by atoms with Gasteiger partial charge in [0.2, 0.25) is 0 Å². The summed E-state index contributed by atoms with van der Waals surface area (Å²) in [7, 11) is 0. The van der Waals surface area contributed by atoms with Crippen molar-refractivity contribution in [1.29, 1.82) is 0 Å². The Labute approximate surface area is 123 Å². The van der Waals surface area contributed by atoms with Crippen LogP contribution in [0.15, 0.2) is 28.7 Å². The van der Waals surface area contributed by atoms with Crippen LogP contribution < -0.4 is 5.32 Å². The number of hydrogen-bond donors (Lipinski definition) is 2. The Balaban J connectivity index is 1.87. The van der Waals surface area contributed by atoms with Gasteiger partial charge in [-0.1, -0.05) is 34.1 Å². The summed E-state index contributed by atoms with van der Waals surface area (Å²) in [5, 5.41) is 13.4. The summed E-state index contributed by atoms with van der Waals surface area (Å²) < 4.78 is 6.55. The maximum Gasteiger partial charge on any atom is 0.0898 e. The van der Waals surface area contributed by atoms with Gasteiger partial charge in [-0.05, 0) is 38.3 Å². The van der Waals surface area contributed by atoms with Crippen LogP contribution in [0, 0.1) is 0 Å². The zero-order valence-corrected chi connectivity index (χ0v) is 13.1. The molecular weight excluding hydrogens is 306 g/mol. The molecule has 0 spiro atoms. The Morgan fingerprint density at radius 2 is 2.05 bits per heavy atom. The monoisotopic (exact) mass is 327 g/mol. The molecule has 1 aromatic carbocycles. The lowest BCUT2D eigenvalue weighted by atomic mass is 10.0. The first-order valence-corrected chi connectivity index (χ1v) is 7.62. The van der Waals surface area contributed by atoms with E-state index in [1.54, 1.807) is 0 Å². The van der Waals surface area contributed by atoms with E-state index in [4.69, 9.17) is 4.74 Å². The van der Waals surface area contributed by atoms with E-state index in [1.165, 1.54) is 5.56 Å². The van der Waals surface area contributed by atoms with Gasteiger partial charge in [-0.25, -0.2) is 0 Å². The molecule has 2 rings (SSSR count). The van der Waals surface area contributed by atoms with Crippen LogP contribution in [0.5, 0.6) is 0 Å². The van der Waals surface area contributed by atoms with Crippen LogP contribution in [0.25, 0.3) is 0 Å². The first-order chi connectivity index (χ1) is 9.03. The summed E-state index contributed by atoms with van der Waals surface area (Å²) >= 11 is 3.60. The fourth-order valence-electron chi connectivity index (χ4n) is 2.19. The number of nitrogens with one attached hydrogen (secondary N) is 1. The maximum atomic E-state index is 9.91. The summed E-state index contributed by atoms with van der Waals surface area (Å²) in [4.78, 5) is 0. The molecule has 1 aliphatic rings. The number of hydrogen-bond acceptors (Lipinski definition) is 3. The van der Waals surface area contributed by atoms with Gasteiger partial charge in [-0.2, -0.15) is 0 Å². The Morgan fingerprint density at radius 3 is 2.63 bits per heavy atom. The topological polar surface area (TPSA) is 41.5 Å². The largest absolute Gasteiger partial charge is 0.389 e. The lowest BCUT2D eigenvalue weighted by Gasteiger charge is -2.22. The average molecular weight is 328 g/mol. The maximum absolute atomic E-state index is 9.91. The van der Waals surface area contributed by atoms with Gasteiger partial charge < -0.3 is 15.2 Å². The van der Waals surface area contributed by atoms with E-state index >= 15 is 0 Å². The van der Waals surface area contributed by atoms with Gasteiger partial charge in [-0.15, -0.1) is 0 Å². The first kappa shape index (κ1) is 15.0. The molecule has 3 nitrogen and oxygen atoms in total. The van der Waals surface area contributed by atoms with Crippen molar-refractivity contribution in [2.24, 2.45) is 0 Å². The Bertz CT molecular complexity index is 418. The number of aliphatic hydroxyl groups is 1. The molecule has 0 saturated heterocycles. The van der Waals surface area contributed by atoms with Crippen molar-refractivity contribution in [2.45, 2.75) is 44.4 Å². The zero-order chi connectivity index (χ0) is 13.9. The molecule has 1 saturated carbocycles. The van der Waals surface area contributed by atoms with Crippen molar-refractivity contribution in [3.05, 3.63) is 34.3 Å². The van der Waals surface area contributed by atoms with Crippen LogP contribution in [0.1, 0.15) is 32.3 Å². The summed E-state index contributed by atoms with van der Waals surface area (Å²) in [6, 6.07) is 8.28. The van der Waals surface area contributed by atoms with E-state index in [9.17, 15) is 5.11 Å². The Kier molecular flexibility index (Phi) is 5.01. The van der Waals surface area contributed by atoms with Crippen molar-refractivity contribution in [2.75, 3.05) is 13.2 Å². The van der Waals surface area contributed by atoms with Gasteiger partial charge >= 0.3 is 0 Å². The van der Waals surface area contributed by atoms with E-state index in [1.807, 2.05) is 19.9 Å². The minimum atomic E-state index is -0.456. The van der Waals surface area contributed by atoms with E-state index in [-0.39, 0.29) is 11.6 Å². The molecule has 1 unspecified atom stereocenters. The molecule has 4 heteroatoms. The molecule has 1 aromatic rings. The molecule has 0 aliphatic heterocycles. The number of benzene rings is 1. The second-order valence-electron chi connectivity index (χ2n) is 5.48. The van der Waals surface area contributed by atoms with Crippen LogP contribution >= 0.6 is 15.9 Å².